The smallest absolute Gasteiger partial charge is 0.272 e. The Bertz CT molecular complexity index is 456. The number of carbonyl (C=O) groups is 1. The molecule has 1 aromatic heterocycles. The molecule has 0 saturated heterocycles. The number of hydrogen-bond acceptors (Lipinski definition) is 5. The molecule has 6 heteroatoms. The molecule has 6 nitrogen and oxygen atoms in total. The average Bonchev–Trinajstić information content (AvgIpc) is 2.44. The van der Waals surface area contributed by atoms with Gasteiger partial charge in [0.2, 0.25) is 0 Å². The number of amides is 1. The van der Waals surface area contributed by atoms with E-state index in [1.165, 1.54) is 11.1 Å². The van der Waals surface area contributed by atoms with Crippen molar-refractivity contribution in [3.8, 4) is 11.8 Å². The molecule has 0 saturated carbocycles. The molecule has 1 rings (SSSR count). The molecule has 0 bridgehead atoms. The summed E-state index contributed by atoms with van der Waals surface area (Å²) in [6, 6.07) is 3.24. The standard InChI is InChI=1S/C13H17N3O3/c14-5-1-2-11-3-4-12(15-10-11)13(19)16(6-8-17)7-9-18/h3-4,10,17-18H,5-9,14H2. The Balaban J connectivity index is 2.80. The lowest BCUT2D eigenvalue weighted by Crippen LogP contribution is -2.36. The molecule has 1 aromatic rings. The molecule has 0 spiro atoms. The first-order chi connectivity index (χ1) is 9.22. The van der Waals surface area contributed by atoms with Crippen LogP contribution in [0.4, 0.5) is 0 Å². The minimum atomic E-state index is -0.332. The van der Waals surface area contributed by atoms with Crippen molar-refractivity contribution in [2.24, 2.45) is 5.73 Å². The van der Waals surface area contributed by atoms with E-state index in [0.717, 1.165) is 0 Å². The Kier molecular flexibility index (Phi) is 6.53. The second-order valence-electron chi connectivity index (χ2n) is 3.68. The minimum absolute atomic E-state index is 0.161. The number of pyridine rings is 1. The predicted molar refractivity (Wildman–Crippen MR) is 70.2 cm³/mol. The van der Waals surface area contributed by atoms with Crippen molar-refractivity contribution < 1.29 is 15.0 Å². The number of aliphatic hydroxyl groups excluding tert-OH is 2. The number of nitrogens with two attached hydrogens (primary N) is 1. The van der Waals surface area contributed by atoms with Crippen LogP contribution in [-0.2, 0) is 0 Å². The van der Waals surface area contributed by atoms with Crippen molar-refractivity contribution in [3.63, 3.8) is 0 Å². The van der Waals surface area contributed by atoms with E-state index in [2.05, 4.69) is 16.8 Å². The number of aliphatic hydroxyl groups is 2. The Hall–Kier alpha value is -1.94. The van der Waals surface area contributed by atoms with Crippen molar-refractivity contribution in [1.29, 1.82) is 0 Å². The third-order valence-electron chi connectivity index (χ3n) is 2.34. The first kappa shape index (κ1) is 15.1. The SMILES string of the molecule is NCC#Cc1ccc(C(=O)N(CCO)CCO)nc1. The zero-order valence-corrected chi connectivity index (χ0v) is 10.5. The maximum atomic E-state index is 12.0. The minimum Gasteiger partial charge on any atom is -0.395 e. The van der Waals surface area contributed by atoms with Gasteiger partial charge in [0, 0.05) is 24.8 Å². The molecule has 4 N–H and O–H groups in total. The van der Waals surface area contributed by atoms with Gasteiger partial charge in [0.25, 0.3) is 5.91 Å². The van der Waals surface area contributed by atoms with Crippen molar-refractivity contribution >= 4 is 5.91 Å². The number of aromatic nitrogens is 1. The van der Waals surface area contributed by atoms with Crippen LogP contribution >= 0.6 is 0 Å². The predicted octanol–water partition coefficient (Wildman–Crippen LogP) is -1.18. The fraction of sp³-hybridized carbons (Fsp3) is 0.385. The molecule has 0 aliphatic heterocycles. The zero-order valence-electron chi connectivity index (χ0n) is 10.5. The molecule has 102 valence electrons. The highest BCUT2D eigenvalue weighted by Gasteiger charge is 2.15. The van der Waals surface area contributed by atoms with Gasteiger partial charge in [-0.1, -0.05) is 11.8 Å². The summed E-state index contributed by atoms with van der Waals surface area (Å²) in [6.07, 6.45) is 1.49. The van der Waals surface area contributed by atoms with E-state index in [1.807, 2.05) is 0 Å². The van der Waals surface area contributed by atoms with Crippen LogP contribution in [0.2, 0.25) is 0 Å². The van der Waals surface area contributed by atoms with E-state index in [1.54, 1.807) is 12.1 Å². The van der Waals surface area contributed by atoms with Crippen molar-refractivity contribution in [2.75, 3.05) is 32.8 Å². The summed E-state index contributed by atoms with van der Waals surface area (Å²) < 4.78 is 0. The first-order valence-corrected chi connectivity index (χ1v) is 5.89. The fourth-order valence-electron chi connectivity index (χ4n) is 1.47. The molecule has 0 aliphatic carbocycles. The Morgan fingerprint density at radius 3 is 2.47 bits per heavy atom. The quantitative estimate of drug-likeness (QED) is 0.581. The van der Waals surface area contributed by atoms with Gasteiger partial charge in [0.05, 0.1) is 19.8 Å². The van der Waals surface area contributed by atoms with Crippen LogP contribution in [0.25, 0.3) is 0 Å². The number of rotatable bonds is 5. The van der Waals surface area contributed by atoms with Gasteiger partial charge in [-0.05, 0) is 12.1 Å². The van der Waals surface area contributed by atoms with Gasteiger partial charge in [-0.25, -0.2) is 4.98 Å². The number of nitrogens with zero attached hydrogens (tertiary/aromatic N) is 2. The van der Waals surface area contributed by atoms with E-state index in [0.29, 0.717) is 5.56 Å². The van der Waals surface area contributed by atoms with E-state index in [9.17, 15) is 4.79 Å². The number of hydrogen-bond donors (Lipinski definition) is 3. The molecule has 0 radical (unpaired) electrons. The molecular formula is C13H17N3O3. The maximum absolute atomic E-state index is 12.0. The van der Waals surface area contributed by atoms with Gasteiger partial charge in [-0.2, -0.15) is 0 Å². The summed E-state index contributed by atoms with van der Waals surface area (Å²) in [4.78, 5) is 17.4. The molecule has 0 unspecified atom stereocenters. The lowest BCUT2D eigenvalue weighted by molar-refractivity contribution is 0.0679. The molecule has 0 atom stereocenters. The topological polar surface area (TPSA) is 99.7 Å². The van der Waals surface area contributed by atoms with Crippen LogP contribution in [0.15, 0.2) is 18.3 Å². The van der Waals surface area contributed by atoms with E-state index in [-0.39, 0.29) is 44.4 Å². The summed E-state index contributed by atoms with van der Waals surface area (Å²) in [7, 11) is 0. The lowest BCUT2D eigenvalue weighted by atomic mass is 10.2. The molecule has 19 heavy (non-hydrogen) atoms. The Morgan fingerprint density at radius 2 is 2.00 bits per heavy atom. The van der Waals surface area contributed by atoms with E-state index >= 15 is 0 Å². The normalized spacial score (nSPS) is 9.63. The van der Waals surface area contributed by atoms with Gasteiger partial charge in [0.15, 0.2) is 0 Å². The second-order valence-corrected chi connectivity index (χ2v) is 3.68. The monoisotopic (exact) mass is 263 g/mol. The average molecular weight is 263 g/mol. The van der Waals surface area contributed by atoms with Gasteiger partial charge in [0.1, 0.15) is 5.69 Å². The third-order valence-corrected chi connectivity index (χ3v) is 2.34. The van der Waals surface area contributed by atoms with Gasteiger partial charge in [-0.3, -0.25) is 4.79 Å². The summed E-state index contributed by atoms with van der Waals surface area (Å²) in [5, 5.41) is 17.7. The van der Waals surface area contributed by atoms with Crippen LogP contribution in [0, 0.1) is 11.8 Å². The van der Waals surface area contributed by atoms with Gasteiger partial charge < -0.3 is 20.8 Å². The van der Waals surface area contributed by atoms with Crippen LogP contribution in [0.3, 0.4) is 0 Å². The van der Waals surface area contributed by atoms with Crippen molar-refractivity contribution in [3.05, 3.63) is 29.6 Å². The van der Waals surface area contributed by atoms with Crippen LogP contribution in [0.5, 0.6) is 0 Å². The molecular weight excluding hydrogens is 246 g/mol. The molecule has 1 heterocycles. The highest BCUT2D eigenvalue weighted by Crippen LogP contribution is 2.03. The highest BCUT2D eigenvalue weighted by molar-refractivity contribution is 5.92. The molecule has 0 aromatic carbocycles. The number of carbonyl (C=O) groups excluding carboxylic acids is 1. The van der Waals surface area contributed by atoms with Gasteiger partial charge >= 0.3 is 0 Å². The van der Waals surface area contributed by atoms with Gasteiger partial charge in [-0.15, -0.1) is 0 Å². The Labute approximate surface area is 111 Å². The third kappa shape index (κ3) is 4.67. The van der Waals surface area contributed by atoms with Crippen molar-refractivity contribution in [2.45, 2.75) is 0 Å². The largest absolute Gasteiger partial charge is 0.395 e. The Morgan fingerprint density at radius 1 is 1.32 bits per heavy atom. The highest BCUT2D eigenvalue weighted by atomic mass is 16.3. The lowest BCUT2D eigenvalue weighted by Gasteiger charge is -2.19. The molecule has 0 fully saturated rings. The van der Waals surface area contributed by atoms with Crippen LogP contribution in [-0.4, -0.2) is 58.9 Å². The van der Waals surface area contributed by atoms with E-state index < -0.39 is 0 Å². The second kappa shape index (κ2) is 8.21. The summed E-state index contributed by atoms with van der Waals surface area (Å²) in [6.45, 7) is 0.269. The molecule has 1 amide bonds. The van der Waals surface area contributed by atoms with Crippen LogP contribution in [0.1, 0.15) is 16.1 Å². The summed E-state index contributed by atoms with van der Waals surface area (Å²) >= 11 is 0. The zero-order chi connectivity index (χ0) is 14.1. The fourth-order valence-corrected chi connectivity index (χ4v) is 1.47. The summed E-state index contributed by atoms with van der Waals surface area (Å²) in [5.74, 6) is 5.17. The summed E-state index contributed by atoms with van der Waals surface area (Å²) in [5.41, 5.74) is 6.19. The maximum Gasteiger partial charge on any atom is 0.272 e. The molecule has 0 aliphatic rings. The van der Waals surface area contributed by atoms with Crippen molar-refractivity contribution in [1.82, 2.24) is 9.88 Å². The van der Waals surface area contributed by atoms with E-state index in [4.69, 9.17) is 15.9 Å². The first-order valence-electron chi connectivity index (χ1n) is 5.89. The van der Waals surface area contributed by atoms with Crippen LogP contribution < -0.4 is 5.73 Å².